The van der Waals surface area contributed by atoms with Crippen molar-refractivity contribution in [1.82, 2.24) is 0 Å². The Kier molecular flexibility index (Phi) is 4.10. The van der Waals surface area contributed by atoms with Gasteiger partial charge in [0.15, 0.2) is 0 Å². The highest BCUT2D eigenvalue weighted by molar-refractivity contribution is 6.33. The highest BCUT2D eigenvalue weighted by atomic mass is 35.5. The maximum absolute atomic E-state index is 13.7. The molecule has 1 amide bonds. The number of ether oxygens (including phenoxy) is 1. The minimum atomic E-state index is -0.679. The molecule has 0 unspecified atom stereocenters. The lowest BCUT2D eigenvalue weighted by molar-refractivity contribution is 0.0999. The average Bonchev–Trinajstić information content (AvgIpc) is 2.41. The van der Waals surface area contributed by atoms with Crippen LogP contribution >= 0.6 is 11.6 Å². The van der Waals surface area contributed by atoms with Crippen molar-refractivity contribution in [3.63, 3.8) is 0 Å². The number of rotatable bonds is 4. The van der Waals surface area contributed by atoms with Crippen molar-refractivity contribution in [2.24, 2.45) is 5.73 Å². The van der Waals surface area contributed by atoms with Gasteiger partial charge in [-0.25, -0.2) is 4.39 Å². The Labute approximate surface area is 120 Å². The zero-order chi connectivity index (χ0) is 14.7. The fraction of sp³-hybridized carbons (Fsp3) is 0.0714. The van der Waals surface area contributed by atoms with Gasteiger partial charge in [0.05, 0.1) is 10.7 Å². The molecule has 0 spiro atoms. The third-order valence-corrected chi connectivity index (χ3v) is 3.03. The predicted molar refractivity (Wildman–Crippen MR) is 75.1 cm³/mol. The van der Waals surface area contributed by atoms with E-state index in [0.717, 1.165) is 6.07 Å². The number of hydrogen-bond acceptors (Lipinski definition) is 3. The number of primary amides is 1. The second kappa shape index (κ2) is 5.79. The van der Waals surface area contributed by atoms with Crippen LogP contribution in [-0.4, -0.2) is 5.91 Å². The molecule has 0 radical (unpaired) electrons. The lowest BCUT2D eigenvalue weighted by Crippen LogP contribution is -2.11. The van der Waals surface area contributed by atoms with Crippen LogP contribution in [0.1, 0.15) is 15.9 Å². The first kappa shape index (κ1) is 14.1. The van der Waals surface area contributed by atoms with Gasteiger partial charge in [-0.15, -0.1) is 0 Å². The summed E-state index contributed by atoms with van der Waals surface area (Å²) in [4.78, 5) is 10.9. The van der Waals surface area contributed by atoms with Crippen molar-refractivity contribution in [2.75, 3.05) is 5.73 Å². The topological polar surface area (TPSA) is 78.3 Å². The van der Waals surface area contributed by atoms with E-state index in [1.165, 1.54) is 12.1 Å². The molecule has 104 valence electrons. The Morgan fingerprint density at radius 2 is 2.00 bits per heavy atom. The number of hydrogen-bond donors (Lipinski definition) is 2. The van der Waals surface area contributed by atoms with Crippen LogP contribution in [0.5, 0.6) is 5.75 Å². The molecule has 2 aromatic rings. The molecule has 0 heterocycles. The van der Waals surface area contributed by atoms with E-state index in [9.17, 15) is 9.18 Å². The Balaban J connectivity index is 2.10. The quantitative estimate of drug-likeness (QED) is 0.851. The van der Waals surface area contributed by atoms with Gasteiger partial charge >= 0.3 is 0 Å². The number of halogens is 2. The number of carbonyl (C=O) groups excluding carboxylic acids is 1. The fourth-order valence-electron chi connectivity index (χ4n) is 1.58. The third-order valence-electron chi connectivity index (χ3n) is 2.70. The molecular formula is C14H12ClFN2O2. The van der Waals surface area contributed by atoms with Crippen LogP contribution in [0.2, 0.25) is 5.02 Å². The molecule has 0 fully saturated rings. The largest absolute Gasteiger partial charge is 0.489 e. The fourth-order valence-corrected chi connectivity index (χ4v) is 1.75. The zero-order valence-corrected chi connectivity index (χ0v) is 11.2. The Morgan fingerprint density at radius 1 is 1.25 bits per heavy atom. The van der Waals surface area contributed by atoms with Gasteiger partial charge in [0.1, 0.15) is 18.2 Å². The van der Waals surface area contributed by atoms with E-state index in [0.29, 0.717) is 22.0 Å². The first-order chi connectivity index (χ1) is 9.47. The van der Waals surface area contributed by atoms with E-state index in [-0.39, 0.29) is 12.2 Å². The summed E-state index contributed by atoms with van der Waals surface area (Å²) in [5.41, 5.74) is 11.5. The molecule has 0 atom stereocenters. The highest BCUT2D eigenvalue weighted by Gasteiger charge is 2.08. The van der Waals surface area contributed by atoms with E-state index in [1.54, 1.807) is 18.2 Å². The van der Waals surface area contributed by atoms with Crippen LogP contribution in [0.4, 0.5) is 10.1 Å². The van der Waals surface area contributed by atoms with Crippen LogP contribution in [0.3, 0.4) is 0 Å². The second-order valence-electron chi connectivity index (χ2n) is 4.14. The number of carbonyl (C=O) groups is 1. The molecule has 0 bridgehead atoms. The van der Waals surface area contributed by atoms with Gasteiger partial charge in [-0.2, -0.15) is 0 Å². The molecule has 0 aliphatic heterocycles. The van der Waals surface area contributed by atoms with E-state index in [2.05, 4.69) is 0 Å². The van der Waals surface area contributed by atoms with Crippen LogP contribution in [-0.2, 0) is 6.61 Å². The summed E-state index contributed by atoms with van der Waals surface area (Å²) < 4.78 is 19.1. The van der Waals surface area contributed by atoms with Crippen LogP contribution < -0.4 is 16.2 Å². The van der Waals surface area contributed by atoms with Crippen LogP contribution in [0.15, 0.2) is 36.4 Å². The minimum Gasteiger partial charge on any atom is -0.489 e. The number of nitrogen functional groups attached to an aromatic ring is 1. The van der Waals surface area contributed by atoms with Gasteiger partial charge in [0.25, 0.3) is 0 Å². The minimum absolute atomic E-state index is 0.00508. The first-order valence-corrected chi connectivity index (χ1v) is 6.11. The second-order valence-corrected chi connectivity index (χ2v) is 4.55. The van der Waals surface area contributed by atoms with Gasteiger partial charge < -0.3 is 16.2 Å². The molecule has 2 aromatic carbocycles. The summed E-state index contributed by atoms with van der Waals surface area (Å²) in [5, 5.41) is 0.368. The van der Waals surface area contributed by atoms with Crippen LogP contribution in [0, 0.1) is 5.82 Å². The number of anilines is 1. The first-order valence-electron chi connectivity index (χ1n) is 5.73. The smallest absolute Gasteiger partial charge is 0.248 e. The van der Waals surface area contributed by atoms with Gasteiger partial charge in [-0.3, -0.25) is 4.79 Å². The van der Waals surface area contributed by atoms with E-state index in [1.807, 2.05) is 0 Å². The molecule has 0 aromatic heterocycles. The van der Waals surface area contributed by atoms with Crippen LogP contribution in [0.25, 0.3) is 0 Å². The molecule has 0 aliphatic rings. The van der Waals surface area contributed by atoms with Crippen molar-refractivity contribution < 1.29 is 13.9 Å². The van der Waals surface area contributed by atoms with Gasteiger partial charge in [0, 0.05) is 17.2 Å². The SMILES string of the molecule is NC(=O)c1ccc(COc2ccc(N)c(Cl)c2)c(F)c1. The monoisotopic (exact) mass is 294 g/mol. The Morgan fingerprint density at radius 3 is 2.60 bits per heavy atom. The number of amides is 1. The van der Waals surface area contributed by atoms with Gasteiger partial charge in [-0.05, 0) is 24.3 Å². The van der Waals surface area contributed by atoms with E-state index < -0.39 is 11.7 Å². The summed E-state index contributed by atoms with van der Waals surface area (Å²) in [7, 11) is 0. The molecule has 4 nitrogen and oxygen atoms in total. The summed E-state index contributed by atoms with van der Waals surface area (Å²) in [6, 6.07) is 8.76. The van der Waals surface area contributed by atoms with Gasteiger partial charge in [-0.1, -0.05) is 17.7 Å². The maximum atomic E-state index is 13.7. The van der Waals surface area contributed by atoms with Gasteiger partial charge in [0.2, 0.25) is 5.91 Å². The lowest BCUT2D eigenvalue weighted by atomic mass is 10.1. The van der Waals surface area contributed by atoms with Crippen molar-refractivity contribution in [3.8, 4) is 5.75 Å². The summed E-state index contributed by atoms with van der Waals surface area (Å²) in [6.45, 7) is 0.00508. The van der Waals surface area contributed by atoms with Crippen molar-refractivity contribution in [1.29, 1.82) is 0 Å². The molecule has 0 saturated carbocycles. The standard InChI is InChI=1S/C14H12ClFN2O2/c15-11-6-10(3-4-13(11)17)20-7-9-2-1-8(14(18)19)5-12(9)16/h1-6H,7,17H2,(H2,18,19). The molecule has 0 saturated heterocycles. The summed E-state index contributed by atoms with van der Waals surface area (Å²) >= 11 is 5.85. The molecule has 2 rings (SSSR count). The Bertz CT molecular complexity index is 662. The lowest BCUT2D eigenvalue weighted by Gasteiger charge is -2.09. The summed E-state index contributed by atoms with van der Waals surface area (Å²) in [6.07, 6.45) is 0. The molecule has 20 heavy (non-hydrogen) atoms. The van der Waals surface area contributed by atoms with E-state index >= 15 is 0 Å². The number of benzene rings is 2. The Hall–Kier alpha value is -2.27. The third kappa shape index (κ3) is 3.19. The molecule has 4 N–H and O–H groups in total. The maximum Gasteiger partial charge on any atom is 0.248 e. The zero-order valence-electron chi connectivity index (χ0n) is 10.4. The molecular weight excluding hydrogens is 283 g/mol. The normalized spacial score (nSPS) is 10.3. The predicted octanol–water partition coefficient (Wildman–Crippen LogP) is 2.74. The van der Waals surface area contributed by atoms with Crippen molar-refractivity contribution >= 4 is 23.2 Å². The van der Waals surface area contributed by atoms with E-state index in [4.69, 9.17) is 27.8 Å². The number of nitrogens with two attached hydrogens (primary N) is 2. The average molecular weight is 295 g/mol. The van der Waals surface area contributed by atoms with Crippen molar-refractivity contribution in [2.45, 2.75) is 6.61 Å². The summed E-state index contributed by atoms with van der Waals surface area (Å²) in [5.74, 6) is -0.757. The molecule has 6 heteroatoms. The molecule has 0 aliphatic carbocycles. The van der Waals surface area contributed by atoms with Crippen molar-refractivity contribution in [3.05, 3.63) is 58.4 Å². The highest BCUT2D eigenvalue weighted by Crippen LogP contribution is 2.25.